The Morgan fingerprint density at radius 2 is 1.55 bits per heavy atom. The molecule has 1 fully saturated rings. The number of rotatable bonds is 6. The van der Waals surface area contributed by atoms with Gasteiger partial charge in [0.15, 0.2) is 11.5 Å². The number of carbonyl (C=O) groups excluding carboxylic acids is 2. The van der Waals surface area contributed by atoms with Gasteiger partial charge in [0.05, 0.1) is 26.9 Å². The molecule has 0 atom stereocenters. The van der Waals surface area contributed by atoms with E-state index in [4.69, 9.17) is 18.9 Å². The molecule has 154 valence electrons. The fourth-order valence-electron chi connectivity index (χ4n) is 3.22. The van der Waals surface area contributed by atoms with E-state index in [9.17, 15) is 9.59 Å². The van der Waals surface area contributed by atoms with Gasteiger partial charge in [0.25, 0.3) is 5.91 Å². The Hall–Kier alpha value is -3.42. The van der Waals surface area contributed by atoms with Crippen LogP contribution in [0, 0.1) is 0 Å². The quantitative estimate of drug-likeness (QED) is 0.742. The first-order chi connectivity index (χ1) is 14.1. The number of nitrogens with zero attached hydrogens (tertiary/aromatic N) is 2. The molecule has 2 amide bonds. The van der Waals surface area contributed by atoms with Gasteiger partial charge in [0.1, 0.15) is 6.61 Å². The highest BCUT2D eigenvalue weighted by atomic mass is 16.6. The maximum Gasteiger partial charge on any atom is 0.429 e. The molecule has 3 rings (SSSR count). The number of methoxy groups -OCH3 is 3. The first-order valence-corrected chi connectivity index (χ1v) is 9.19. The standard InChI is InChI=1S/C21H24N2O6/c1-26-17-11-10-16(18(27-2)19(17)28-3)20(24)22-12-7-13-23(22)21(25)29-14-15-8-5-4-6-9-15/h4-6,8-11H,7,12-14H2,1-3H3. The molecule has 29 heavy (non-hydrogen) atoms. The van der Waals surface area contributed by atoms with Crippen molar-refractivity contribution in [2.45, 2.75) is 13.0 Å². The van der Waals surface area contributed by atoms with Crippen molar-refractivity contribution >= 4 is 12.0 Å². The smallest absolute Gasteiger partial charge is 0.429 e. The Bertz CT molecular complexity index is 871. The van der Waals surface area contributed by atoms with Crippen molar-refractivity contribution in [2.75, 3.05) is 34.4 Å². The zero-order chi connectivity index (χ0) is 20.8. The Kier molecular flexibility index (Phi) is 6.43. The lowest BCUT2D eigenvalue weighted by molar-refractivity contribution is 0.0108. The van der Waals surface area contributed by atoms with Gasteiger partial charge in [-0.3, -0.25) is 4.79 Å². The Morgan fingerprint density at radius 1 is 0.862 bits per heavy atom. The number of hydrazine groups is 1. The maximum atomic E-state index is 13.2. The average molecular weight is 400 g/mol. The van der Waals surface area contributed by atoms with Gasteiger partial charge < -0.3 is 18.9 Å². The summed E-state index contributed by atoms with van der Waals surface area (Å²) in [5.74, 6) is 0.637. The summed E-state index contributed by atoms with van der Waals surface area (Å²) in [6.45, 7) is 0.934. The summed E-state index contributed by atoms with van der Waals surface area (Å²) in [5, 5.41) is 2.69. The maximum absolute atomic E-state index is 13.2. The Morgan fingerprint density at radius 3 is 2.21 bits per heavy atom. The summed E-state index contributed by atoms with van der Waals surface area (Å²) < 4.78 is 21.4. The second kappa shape index (κ2) is 9.18. The van der Waals surface area contributed by atoms with Gasteiger partial charge in [0.2, 0.25) is 5.75 Å². The molecule has 0 saturated carbocycles. The zero-order valence-electron chi connectivity index (χ0n) is 16.7. The van der Waals surface area contributed by atoms with Gasteiger partial charge in [-0.25, -0.2) is 14.8 Å². The minimum Gasteiger partial charge on any atom is -0.493 e. The van der Waals surface area contributed by atoms with Crippen LogP contribution in [-0.2, 0) is 11.3 Å². The van der Waals surface area contributed by atoms with Gasteiger partial charge in [-0.1, -0.05) is 30.3 Å². The summed E-state index contributed by atoms with van der Waals surface area (Å²) in [5.41, 5.74) is 1.15. The first kappa shape index (κ1) is 20.3. The normalized spacial score (nSPS) is 13.2. The van der Waals surface area contributed by atoms with Crippen LogP contribution in [0.3, 0.4) is 0 Å². The largest absolute Gasteiger partial charge is 0.493 e. The molecule has 1 heterocycles. The molecule has 2 aromatic rings. The number of carbonyl (C=O) groups is 2. The van der Waals surface area contributed by atoms with Crippen LogP contribution in [0.25, 0.3) is 0 Å². The molecule has 8 heteroatoms. The van der Waals surface area contributed by atoms with Gasteiger partial charge >= 0.3 is 6.09 Å². The van der Waals surface area contributed by atoms with Crippen molar-refractivity contribution in [1.82, 2.24) is 10.0 Å². The van der Waals surface area contributed by atoms with Crippen LogP contribution >= 0.6 is 0 Å². The van der Waals surface area contributed by atoms with E-state index >= 15 is 0 Å². The van der Waals surface area contributed by atoms with Crippen LogP contribution in [0.15, 0.2) is 42.5 Å². The summed E-state index contributed by atoms with van der Waals surface area (Å²) in [7, 11) is 4.42. The van der Waals surface area contributed by atoms with Crippen molar-refractivity contribution < 1.29 is 28.5 Å². The highest BCUT2D eigenvalue weighted by Crippen LogP contribution is 2.40. The summed E-state index contributed by atoms with van der Waals surface area (Å²) in [6.07, 6.45) is 0.0843. The average Bonchev–Trinajstić information content (AvgIpc) is 3.26. The monoisotopic (exact) mass is 400 g/mol. The van der Waals surface area contributed by atoms with Gasteiger partial charge in [-0.2, -0.15) is 0 Å². The first-order valence-electron chi connectivity index (χ1n) is 9.19. The fraction of sp³-hybridized carbons (Fsp3) is 0.333. The molecule has 0 unspecified atom stereocenters. The molecular weight excluding hydrogens is 376 g/mol. The molecule has 0 spiro atoms. The van der Waals surface area contributed by atoms with Crippen molar-refractivity contribution in [3.05, 3.63) is 53.6 Å². The van der Waals surface area contributed by atoms with E-state index in [0.717, 1.165) is 5.56 Å². The van der Waals surface area contributed by atoms with Crippen LogP contribution in [0.2, 0.25) is 0 Å². The molecule has 0 radical (unpaired) electrons. The second-order valence-electron chi connectivity index (χ2n) is 6.33. The Labute approximate surface area is 169 Å². The minimum absolute atomic E-state index is 0.137. The molecule has 1 aliphatic heterocycles. The molecule has 2 aromatic carbocycles. The lowest BCUT2D eigenvalue weighted by atomic mass is 10.1. The van der Waals surface area contributed by atoms with Crippen molar-refractivity contribution in [2.24, 2.45) is 0 Å². The van der Waals surface area contributed by atoms with E-state index < -0.39 is 6.09 Å². The van der Waals surface area contributed by atoms with E-state index in [-0.39, 0.29) is 23.8 Å². The molecule has 1 saturated heterocycles. The van der Waals surface area contributed by atoms with Crippen molar-refractivity contribution in [3.8, 4) is 17.2 Å². The highest BCUT2D eigenvalue weighted by Gasteiger charge is 2.34. The van der Waals surface area contributed by atoms with E-state index in [0.29, 0.717) is 31.0 Å². The van der Waals surface area contributed by atoms with E-state index in [1.54, 1.807) is 12.1 Å². The number of amides is 2. The van der Waals surface area contributed by atoms with Crippen molar-refractivity contribution in [3.63, 3.8) is 0 Å². The fourth-order valence-corrected chi connectivity index (χ4v) is 3.22. The van der Waals surface area contributed by atoms with Crippen molar-refractivity contribution in [1.29, 1.82) is 0 Å². The van der Waals surface area contributed by atoms with Gasteiger partial charge in [0, 0.05) is 13.1 Å². The molecule has 0 bridgehead atoms. The van der Waals surface area contributed by atoms with Crippen LogP contribution in [0.1, 0.15) is 22.3 Å². The molecular formula is C21H24N2O6. The van der Waals surface area contributed by atoms with Crippen LogP contribution in [0.5, 0.6) is 17.2 Å². The Balaban J connectivity index is 1.78. The summed E-state index contributed by atoms with van der Waals surface area (Å²) >= 11 is 0. The van der Waals surface area contributed by atoms with E-state index in [1.807, 2.05) is 30.3 Å². The minimum atomic E-state index is -0.570. The van der Waals surface area contributed by atoms with Crippen LogP contribution in [-0.4, -0.2) is 56.4 Å². The zero-order valence-corrected chi connectivity index (χ0v) is 16.7. The predicted molar refractivity (Wildman–Crippen MR) is 105 cm³/mol. The number of ether oxygens (including phenoxy) is 4. The van der Waals surface area contributed by atoms with Crippen LogP contribution < -0.4 is 14.2 Å². The topological polar surface area (TPSA) is 77.5 Å². The highest BCUT2D eigenvalue weighted by molar-refractivity contribution is 5.99. The molecule has 8 nitrogen and oxygen atoms in total. The van der Waals surface area contributed by atoms with E-state index in [1.165, 1.54) is 31.3 Å². The predicted octanol–water partition coefficient (Wildman–Crippen LogP) is 3.11. The molecule has 0 N–H and O–H groups in total. The van der Waals surface area contributed by atoms with Crippen LogP contribution in [0.4, 0.5) is 4.79 Å². The summed E-state index contributed by atoms with van der Waals surface area (Å²) in [6, 6.07) is 12.6. The van der Waals surface area contributed by atoms with E-state index in [2.05, 4.69) is 0 Å². The third kappa shape index (κ3) is 4.21. The third-order valence-electron chi connectivity index (χ3n) is 4.62. The van der Waals surface area contributed by atoms with Gasteiger partial charge in [-0.05, 0) is 24.1 Å². The molecule has 0 aromatic heterocycles. The molecule has 0 aliphatic carbocycles. The number of benzene rings is 2. The number of hydrogen-bond donors (Lipinski definition) is 0. The second-order valence-corrected chi connectivity index (χ2v) is 6.33. The summed E-state index contributed by atoms with van der Waals surface area (Å²) in [4.78, 5) is 25.8. The molecule has 1 aliphatic rings. The SMILES string of the molecule is COc1ccc(C(=O)N2CCCN2C(=O)OCc2ccccc2)c(OC)c1OC. The number of hydrogen-bond acceptors (Lipinski definition) is 6. The van der Waals surface area contributed by atoms with Gasteiger partial charge in [-0.15, -0.1) is 0 Å². The third-order valence-corrected chi connectivity index (χ3v) is 4.62. The lowest BCUT2D eigenvalue weighted by Crippen LogP contribution is -2.45. The lowest BCUT2D eigenvalue weighted by Gasteiger charge is -2.28.